The zero-order valence-electron chi connectivity index (χ0n) is 14.9. The minimum absolute atomic E-state index is 0.191. The quantitative estimate of drug-likeness (QED) is 0.869. The average molecular weight is 347 g/mol. The maximum atomic E-state index is 12.7. The Kier molecular flexibility index (Phi) is 5.80. The zero-order valence-corrected chi connectivity index (χ0v) is 15.7. The van der Waals surface area contributed by atoms with E-state index in [0.29, 0.717) is 4.90 Å². The Hall–Kier alpha value is -1.69. The Balaban J connectivity index is 2.24. The molecule has 2 aromatic carbocycles. The summed E-state index contributed by atoms with van der Waals surface area (Å²) in [4.78, 5) is 0.324. The molecule has 0 spiro atoms. The van der Waals surface area contributed by atoms with E-state index in [2.05, 4.69) is 4.72 Å². The van der Waals surface area contributed by atoms with E-state index >= 15 is 0 Å². The van der Waals surface area contributed by atoms with E-state index in [1.807, 2.05) is 58.0 Å². The Morgan fingerprint density at radius 1 is 0.958 bits per heavy atom. The molecule has 2 rings (SSSR count). The number of ether oxygens (including phenoxy) is 1. The van der Waals surface area contributed by atoms with Gasteiger partial charge >= 0.3 is 0 Å². The first-order valence-corrected chi connectivity index (χ1v) is 9.40. The fourth-order valence-corrected chi connectivity index (χ4v) is 4.10. The van der Waals surface area contributed by atoms with Crippen LogP contribution in [-0.4, -0.2) is 22.1 Å². The van der Waals surface area contributed by atoms with Gasteiger partial charge < -0.3 is 4.74 Å². The van der Waals surface area contributed by atoms with Gasteiger partial charge in [0.2, 0.25) is 10.0 Å². The summed E-state index contributed by atoms with van der Waals surface area (Å²) in [6, 6.07) is 11.5. The molecule has 4 nitrogen and oxygen atoms in total. The van der Waals surface area contributed by atoms with E-state index in [1.54, 1.807) is 13.2 Å². The summed E-state index contributed by atoms with van der Waals surface area (Å²) in [5.74, 6) is 0. The van der Waals surface area contributed by atoms with Crippen molar-refractivity contribution < 1.29 is 13.2 Å². The molecule has 1 unspecified atom stereocenters. The number of nitrogens with one attached hydrogen (secondary N) is 1. The lowest BCUT2D eigenvalue weighted by Gasteiger charge is -2.19. The van der Waals surface area contributed by atoms with Crippen LogP contribution in [0.4, 0.5) is 0 Å². The van der Waals surface area contributed by atoms with Crippen LogP contribution >= 0.6 is 0 Å². The van der Waals surface area contributed by atoms with E-state index in [1.165, 1.54) is 0 Å². The van der Waals surface area contributed by atoms with E-state index < -0.39 is 10.0 Å². The molecule has 0 radical (unpaired) electrons. The van der Waals surface area contributed by atoms with Crippen LogP contribution in [0, 0.1) is 27.7 Å². The number of benzene rings is 2. The van der Waals surface area contributed by atoms with Crippen molar-refractivity contribution in [3.05, 3.63) is 64.2 Å². The monoisotopic (exact) mass is 347 g/mol. The standard InChI is InChI=1S/C19H25NO3S/c1-13-8-6-7-9-17(13)18(23-5)12-20-24(21,22)19-11-15(3)14(2)10-16(19)4/h6-11,18,20H,12H2,1-5H3. The molecule has 2 aromatic rings. The summed E-state index contributed by atoms with van der Waals surface area (Å²) in [6.45, 7) is 7.89. The normalized spacial score (nSPS) is 13.0. The van der Waals surface area contributed by atoms with E-state index in [0.717, 1.165) is 27.8 Å². The SMILES string of the molecule is COC(CNS(=O)(=O)c1cc(C)c(C)cc1C)c1ccccc1C. The van der Waals surface area contributed by atoms with Crippen LogP contribution in [-0.2, 0) is 14.8 Å². The Morgan fingerprint density at radius 2 is 1.58 bits per heavy atom. The van der Waals surface area contributed by atoms with E-state index in [9.17, 15) is 8.42 Å². The lowest BCUT2D eigenvalue weighted by molar-refractivity contribution is 0.107. The minimum Gasteiger partial charge on any atom is -0.375 e. The van der Waals surface area contributed by atoms with Crippen LogP contribution in [0.3, 0.4) is 0 Å². The highest BCUT2D eigenvalue weighted by Gasteiger charge is 2.21. The minimum atomic E-state index is -3.59. The molecular weight excluding hydrogens is 322 g/mol. The van der Waals surface area contributed by atoms with Gasteiger partial charge in [-0.25, -0.2) is 13.1 Å². The summed E-state index contributed by atoms with van der Waals surface area (Å²) < 4.78 is 33.6. The molecule has 0 saturated carbocycles. The molecule has 5 heteroatoms. The highest BCUT2D eigenvalue weighted by molar-refractivity contribution is 7.89. The van der Waals surface area contributed by atoms with E-state index in [4.69, 9.17) is 4.74 Å². The van der Waals surface area contributed by atoms with Gasteiger partial charge in [-0.2, -0.15) is 0 Å². The fraction of sp³-hybridized carbons (Fsp3) is 0.368. The van der Waals surface area contributed by atoms with Gasteiger partial charge in [-0.15, -0.1) is 0 Å². The fourth-order valence-electron chi connectivity index (χ4n) is 2.76. The number of sulfonamides is 1. The predicted octanol–water partition coefficient (Wildman–Crippen LogP) is 3.59. The molecule has 0 aliphatic rings. The molecule has 1 atom stereocenters. The molecule has 0 aromatic heterocycles. The topological polar surface area (TPSA) is 55.4 Å². The van der Waals surface area contributed by atoms with Crippen LogP contribution in [0.5, 0.6) is 0 Å². The highest BCUT2D eigenvalue weighted by Crippen LogP contribution is 2.23. The molecule has 0 bridgehead atoms. The van der Waals surface area contributed by atoms with Crippen LogP contribution in [0.1, 0.15) is 33.9 Å². The first-order chi connectivity index (χ1) is 11.3. The molecule has 0 aliphatic heterocycles. The van der Waals surface area contributed by atoms with Crippen LogP contribution in [0.2, 0.25) is 0 Å². The molecule has 0 saturated heterocycles. The van der Waals surface area contributed by atoms with Crippen molar-refractivity contribution >= 4 is 10.0 Å². The van der Waals surface area contributed by atoms with E-state index in [-0.39, 0.29) is 12.6 Å². The van der Waals surface area contributed by atoms with Crippen molar-refractivity contribution in [2.24, 2.45) is 0 Å². The van der Waals surface area contributed by atoms with Crippen molar-refractivity contribution in [1.29, 1.82) is 0 Å². The first kappa shape index (κ1) is 18.6. The molecule has 0 aliphatic carbocycles. The van der Waals surface area contributed by atoms with Gasteiger partial charge in [0.25, 0.3) is 0 Å². The number of hydrogen-bond donors (Lipinski definition) is 1. The molecule has 0 fully saturated rings. The second-order valence-electron chi connectivity index (χ2n) is 6.13. The maximum absolute atomic E-state index is 12.7. The number of methoxy groups -OCH3 is 1. The molecule has 24 heavy (non-hydrogen) atoms. The molecule has 130 valence electrons. The van der Waals surface area contributed by atoms with Gasteiger partial charge in [-0.05, 0) is 61.6 Å². The van der Waals surface area contributed by atoms with Crippen LogP contribution in [0.15, 0.2) is 41.3 Å². The van der Waals surface area contributed by atoms with Gasteiger partial charge in [0.15, 0.2) is 0 Å². The van der Waals surface area contributed by atoms with Crippen molar-refractivity contribution in [1.82, 2.24) is 4.72 Å². The molecule has 1 N–H and O–H groups in total. The average Bonchev–Trinajstić information content (AvgIpc) is 2.52. The van der Waals surface area contributed by atoms with Gasteiger partial charge in [0.05, 0.1) is 11.0 Å². The summed E-state index contributed by atoms with van der Waals surface area (Å²) in [5, 5.41) is 0. The third kappa shape index (κ3) is 4.04. The smallest absolute Gasteiger partial charge is 0.240 e. The third-order valence-electron chi connectivity index (χ3n) is 4.36. The summed E-state index contributed by atoms with van der Waals surface area (Å²) >= 11 is 0. The van der Waals surface area contributed by atoms with Crippen molar-refractivity contribution in [3.63, 3.8) is 0 Å². The lowest BCUT2D eigenvalue weighted by Crippen LogP contribution is -2.30. The Morgan fingerprint density at radius 3 is 2.21 bits per heavy atom. The summed E-state index contributed by atoms with van der Waals surface area (Å²) in [7, 11) is -2.00. The van der Waals surface area contributed by atoms with Gasteiger partial charge in [-0.3, -0.25) is 0 Å². The van der Waals surface area contributed by atoms with Gasteiger partial charge in [0.1, 0.15) is 0 Å². The molecule has 0 heterocycles. The summed E-state index contributed by atoms with van der Waals surface area (Å²) in [5.41, 5.74) is 4.85. The van der Waals surface area contributed by atoms with Crippen molar-refractivity contribution in [2.75, 3.05) is 13.7 Å². The van der Waals surface area contributed by atoms with Gasteiger partial charge in [-0.1, -0.05) is 30.3 Å². The second-order valence-corrected chi connectivity index (χ2v) is 7.87. The van der Waals surface area contributed by atoms with Crippen LogP contribution in [0.25, 0.3) is 0 Å². The highest BCUT2D eigenvalue weighted by atomic mass is 32.2. The first-order valence-electron chi connectivity index (χ1n) is 7.92. The second kappa shape index (κ2) is 7.47. The maximum Gasteiger partial charge on any atom is 0.240 e. The summed E-state index contributed by atoms with van der Waals surface area (Å²) in [6.07, 6.45) is -0.326. The Bertz CT molecular complexity index is 829. The van der Waals surface area contributed by atoms with Crippen molar-refractivity contribution in [3.8, 4) is 0 Å². The number of rotatable bonds is 6. The number of hydrogen-bond acceptors (Lipinski definition) is 3. The van der Waals surface area contributed by atoms with Crippen molar-refractivity contribution in [2.45, 2.75) is 38.7 Å². The van der Waals surface area contributed by atoms with Gasteiger partial charge in [0, 0.05) is 13.7 Å². The largest absolute Gasteiger partial charge is 0.375 e. The third-order valence-corrected chi connectivity index (χ3v) is 5.92. The lowest BCUT2D eigenvalue weighted by atomic mass is 10.0. The van der Waals surface area contributed by atoms with Crippen LogP contribution < -0.4 is 4.72 Å². The molecular formula is C19H25NO3S. The number of aryl methyl sites for hydroxylation is 4. The molecule has 0 amide bonds. The Labute approximate surface area is 144 Å². The predicted molar refractivity (Wildman–Crippen MR) is 96.8 cm³/mol. The zero-order chi connectivity index (χ0) is 17.9.